The molecule has 76 valence electrons. The van der Waals surface area contributed by atoms with Gasteiger partial charge in [-0.05, 0) is 23.1 Å². The van der Waals surface area contributed by atoms with Gasteiger partial charge in [0.25, 0.3) is 0 Å². The Hall–Kier alpha value is -0.823. The molecule has 1 aromatic heterocycles. The van der Waals surface area contributed by atoms with E-state index in [9.17, 15) is 9.90 Å². The normalized spacial score (nSPS) is 9.81. The number of rotatable bonds is 2. The minimum Gasteiger partial charge on any atom is -0.550 e. The molecule has 0 radical (unpaired) electrons. The van der Waals surface area contributed by atoms with E-state index in [1.54, 1.807) is 12.4 Å². The summed E-state index contributed by atoms with van der Waals surface area (Å²) in [6.45, 7) is 0. The van der Waals surface area contributed by atoms with Crippen LogP contribution in [0.5, 0.6) is 0 Å². The Kier molecular flexibility index (Phi) is 4.54. The summed E-state index contributed by atoms with van der Waals surface area (Å²) >= 11 is 3.35. The Labute approximate surface area is 113 Å². The van der Waals surface area contributed by atoms with Gasteiger partial charge in [0.1, 0.15) is 0 Å². The Morgan fingerprint density at radius 1 is 1.38 bits per heavy atom. The number of carbonyl (C=O) groups excluding carboxylic acids is 1. The Balaban J connectivity index is 0.00000128. The zero-order valence-corrected chi connectivity index (χ0v) is 10.3. The molecule has 0 spiro atoms. The van der Waals surface area contributed by atoms with Crippen LogP contribution in [-0.4, -0.2) is 11.0 Å². The van der Waals surface area contributed by atoms with E-state index >= 15 is 0 Å². The zero-order valence-electron chi connectivity index (χ0n) is 8.74. The number of nitrogens with zero attached hydrogens (tertiary/aromatic N) is 1. The fourth-order valence-corrected chi connectivity index (χ4v) is 1.85. The molecule has 0 atom stereocenters. The monoisotopic (exact) mass is 271 g/mol. The maximum atomic E-state index is 10.5. The minimum absolute atomic E-state index is 0. The third-order valence-corrected chi connectivity index (χ3v) is 2.63. The van der Waals surface area contributed by atoms with E-state index in [2.05, 4.69) is 20.9 Å². The first-order valence-corrected chi connectivity index (χ1v) is 5.18. The van der Waals surface area contributed by atoms with Crippen LogP contribution in [-0.2, 0) is 11.2 Å². The van der Waals surface area contributed by atoms with Gasteiger partial charge in [0.05, 0.1) is 0 Å². The summed E-state index contributed by atoms with van der Waals surface area (Å²) in [5.41, 5.74) is 0.675. The Bertz CT molecular complexity index is 530. The average Bonchev–Trinajstić information content (AvgIpc) is 2.18. The van der Waals surface area contributed by atoms with Gasteiger partial charge in [-0.2, -0.15) is 0 Å². The minimum atomic E-state index is -1.09. The van der Waals surface area contributed by atoms with Crippen LogP contribution in [0.2, 0.25) is 0 Å². The first-order valence-electron chi connectivity index (χ1n) is 4.39. The van der Waals surface area contributed by atoms with E-state index < -0.39 is 5.97 Å². The molecule has 5 heteroatoms. The van der Waals surface area contributed by atoms with Crippen molar-refractivity contribution in [2.75, 3.05) is 0 Å². The summed E-state index contributed by atoms with van der Waals surface area (Å²) in [5.74, 6) is -1.09. The van der Waals surface area contributed by atoms with Crippen molar-refractivity contribution >= 4 is 32.7 Å². The number of hydrogen-bond donors (Lipinski definition) is 0. The molecule has 2 aromatic rings. The second-order valence-electron chi connectivity index (χ2n) is 3.21. The fourth-order valence-electron chi connectivity index (χ4n) is 1.49. The van der Waals surface area contributed by atoms with Crippen molar-refractivity contribution in [1.29, 1.82) is 0 Å². The van der Waals surface area contributed by atoms with E-state index in [1.165, 1.54) is 0 Å². The number of hydrogen-bond acceptors (Lipinski definition) is 3. The summed E-state index contributed by atoms with van der Waals surface area (Å²) < 4.78 is 0.917. The molecule has 3 nitrogen and oxygen atoms in total. The fraction of sp³-hybridized carbons (Fsp3) is 0.0909. The molecule has 0 fully saturated rings. The van der Waals surface area contributed by atoms with Crippen LogP contribution < -0.4 is 24.0 Å². The van der Waals surface area contributed by atoms with Crippen molar-refractivity contribution in [1.82, 2.24) is 4.98 Å². The Morgan fingerprint density at radius 2 is 2.12 bits per heavy atom. The smallest absolute Gasteiger partial charge is 0.550 e. The van der Waals surface area contributed by atoms with Gasteiger partial charge in [0, 0.05) is 34.6 Å². The summed E-state index contributed by atoms with van der Waals surface area (Å²) in [5, 5.41) is 12.4. The van der Waals surface area contributed by atoms with Crippen molar-refractivity contribution < 1.29 is 28.8 Å². The van der Waals surface area contributed by atoms with E-state index in [4.69, 9.17) is 0 Å². The molecular weight excluding hydrogens is 265 g/mol. The maximum Gasteiger partial charge on any atom is 1.00 e. The standard InChI is InChI=1S/C11H8BrNO2.Li/c12-9-2-1-7-5-13-6-8(3-11(14)15)10(7)4-9;/h1-2,4-6H,3H2,(H,14,15);/q;+1/p-1. The van der Waals surface area contributed by atoms with Gasteiger partial charge in [-0.25, -0.2) is 0 Å². The molecular formula is C11H7BrLiNO2. The second kappa shape index (κ2) is 5.49. The SMILES string of the molecule is O=C([O-])Cc1cncc2ccc(Br)cc12.[Li+]. The number of carboxylic acids is 1. The average molecular weight is 272 g/mol. The molecule has 0 saturated heterocycles. The first kappa shape index (κ1) is 13.2. The number of aliphatic carboxylic acids is 1. The molecule has 2 rings (SSSR count). The molecule has 0 unspecified atom stereocenters. The van der Waals surface area contributed by atoms with Gasteiger partial charge in [0.15, 0.2) is 0 Å². The van der Waals surface area contributed by atoms with Crippen LogP contribution in [0.1, 0.15) is 5.56 Å². The molecule has 0 bridgehead atoms. The quantitative estimate of drug-likeness (QED) is 0.612. The number of carbonyl (C=O) groups is 1. The predicted octanol–water partition coefficient (Wildman–Crippen LogP) is -1.71. The van der Waals surface area contributed by atoms with E-state index in [0.717, 1.165) is 15.2 Å². The molecule has 0 amide bonds. The summed E-state index contributed by atoms with van der Waals surface area (Å²) in [4.78, 5) is 14.5. The number of aromatic nitrogens is 1. The van der Waals surface area contributed by atoms with Crippen molar-refractivity contribution in [3.63, 3.8) is 0 Å². The number of fused-ring (bicyclic) bond motifs is 1. The van der Waals surface area contributed by atoms with Crippen LogP contribution in [0.25, 0.3) is 10.8 Å². The van der Waals surface area contributed by atoms with Crippen molar-refractivity contribution in [2.24, 2.45) is 0 Å². The maximum absolute atomic E-state index is 10.5. The van der Waals surface area contributed by atoms with Gasteiger partial charge < -0.3 is 9.90 Å². The molecule has 0 saturated carbocycles. The van der Waals surface area contributed by atoms with Crippen molar-refractivity contribution in [2.45, 2.75) is 6.42 Å². The first-order chi connectivity index (χ1) is 7.16. The molecule has 0 aliphatic carbocycles. The van der Waals surface area contributed by atoms with Gasteiger partial charge in [0.2, 0.25) is 0 Å². The van der Waals surface area contributed by atoms with Crippen LogP contribution in [0, 0.1) is 0 Å². The number of halogens is 1. The van der Waals surface area contributed by atoms with Crippen LogP contribution in [0.4, 0.5) is 0 Å². The van der Waals surface area contributed by atoms with Crippen LogP contribution in [0.15, 0.2) is 35.1 Å². The van der Waals surface area contributed by atoms with E-state index in [-0.39, 0.29) is 25.3 Å². The van der Waals surface area contributed by atoms with Crippen molar-refractivity contribution in [3.05, 3.63) is 40.6 Å². The van der Waals surface area contributed by atoms with Crippen LogP contribution in [0.3, 0.4) is 0 Å². The molecule has 0 N–H and O–H groups in total. The molecule has 16 heavy (non-hydrogen) atoms. The third-order valence-electron chi connectivity index (χ3n) is 2.14. The molecule has 0 aliphatic rings. The zero-order chi connectivity index (χ0) is 10.8. The van der Waals surface area contributed by atoms with E-state index in [1.807, 2.05) is 18.2 Å². The predicted molar refractivity (Wildman–Crippen MR) is 58.2 cm³/mol. The molecule has 1 heterocycles. The number of benzene rings is 1. The summed E-state index contributed by atoms with van der Waals surface area (Å²) in [6.07, 6.45) is 3.16. The summed E-state index contributed by atoms with van der Waals surface area (Å²) in [6, 6.07) is 5.67. The molecule has 1 aromatic carbocycles. The van der Waals surface area contributed by atoms with E-state index in [0.29, 0.717) is 5.56 Å². The van der Waals surface area contributed by atoms with Gasteiger partial charge in [-0.3, -0.25) is 4.98 Å². The van der Waals surface area contributed by atoms with Gasteiger partial charge in [-0.15, -0.1) is 0 Å². The second-order valence-corrected chi connectivity index (χ2v) is 4.13. The number of carboxylic acid groups (broad SMARTS) is 1. The van der Waals surface area contributed by atoms with Crippen molar-refractivity contribution in [3.8, 4) is 0 Å². The third kappa shape index (κ3) is 2.85. The Morgan fingerprint density at radius 3 is 2.81 bits per heavy atom. The largest absolute Gasteiger partial charge is 1.00 e. The van der Waals surface area contributed by atoms with Crippen LogP contribution >= 0.6 is 15.9 Å². The van der Waals surface area contributed by atoms with Gasteiger partial charge >= 0.3 is 18.9 Å². The topological polar surface area (TPSA) is 53.0 Å². The van der Waals surface area contributed by atoms with Gasteiger partial charge in [-0.1, -0.05) is 22.0 Å². The molecule has 0 aliphatic heterocycles. The summed E-state index contributed by atoms with van der Waals surface area (Å²) in [7, 11) is 0. The number of pyridine rings is 1.